The molecule has 3 heterocycles. The largest absolute Gasteiger partial charge is 0.457 e. The molecule has 0 saturated carbocycles. The van der Waals surface area contributed by atoms with Crippen LogP contribution in [0.15, 0.2) is 63.9 Å². The molecular weight excluding hydrogens is 440 g/mol. The summed E-state index contributed by atoms with van der Waals surface area (Å²) in [5.74, 6) is 1.93. The summed E-state index contributed by atoms with van der Waals surface area (Å²) < 4.78 is 16.9. The highest BCUT2D eigenvalue weighted by Crippen LogP contribution is 2.41. The SMILES string of the molecule is O=C1/C(=C\c2ccc(-c3ccc([N+](=O)[O-])cc3)o2)SC(=S)N1c1ccc2c(c1)OCO2. The number of ether oxygens (including phenoxy) is 2. The van der Waals surface area contributed by atoms with Gasteiger partial charge in [0.15, 0.2) is 15.8 Å². The monoisotopic (exact) mass is 452 g/mol. The van der Waals surface area contributed by atoms with E-state index in [2.05, 4.69) is 0 Å². The number of rotatable bonds is 4. The van der Waals surface area contributed by atoms with Crippen molar-refractivity contribution in [3.63, 3.8) is 0 Å². The quantitative estimate of drug-likeness (QED) is 0.236. The van der Waals surface area contributed by atoms with Gasteiger partial charge >= 0.3 is 0 Å². The Bertz CT molecular complexity index is 1270. The standard InChI is InChI=1S/C21H12N2O6S2/c24-20-19(31-21(30)22(20)14-5-7-17-18(9-14)28-11-27-17)10-15-6-8-16(29-15)12-1-3-13(4-2-12)23(25)26/h1-10H,11H2/b19-10+. The van der Waals surface area contributed by atoms with Gasteiger partial charge in [-0.25, -0.2) is 0 Å². The smallest absolute Gasteiger partial charge is 0.270 e. The van der Waals surface area contributed by atoms with Gasteiger partial charge in [0.2, 0.25) is 6.79 Å². The first kappa shape index (κ1) is 19.3. The Balaban J connectivity index is 1.38. The van der Waals surface area contributed by atoms with E-state index in [9.17, 15) is 14.9 Å². The van der Waals surface area contributed by atoms with Gasteiger partial charge in [-0.3, -0.25) is 19.8 Å². The molecule has 0 N–H and O–H groups in total. The summed E-state index contributed by atoms with van der Waals surface area (Å²) in [5.41, 5.74) is 1.29. The van der Waals surface area contributed by atoms with Crippen LogP contribution in [0.5, 0.6) is 11.5 Å². The Morgan fingerprint density at radius 3 is 2.61 bits per heavy atom. The number of fused-ring (bicyclic) bond motifs is 1. The number of nitro benzene ring substituents is 1. The molecule has 31 heavy (non-hydrogen) atoms. The van der Waals surface area contributed by atoms with E-state index in [-0.39, 0.29) is 18.4 Å². The zero-order valence-corrected chi connectivity index (χ0v) is 17.3. The first-order valence-electron chi connectivity index (χ1n) is 9.02. The summed E-state index contributed by atoms with van der Waals surface area (Å²) in [7, 11) is 0. The van der Waals surface area contributed by atoms with Gasteiger partial charge in [0.1, 0.15) is 11.5 Å². The van der Waals surface area contributed by atoms with Crippen LogP contribution in [0.4, 0.5) is 11.4 Å². The Morgan fingerprint density at radius 2 is 1.84 bits per heavy atom. The molecule has 3 aromatic rings. The number of anilines is 1. The van der Waals surface area contributed by atoms with Crippen molar-refractivity contribution in [1.82, 2.24) is 0 Å². The molecule has 1 amide bonds. The van der Waals surface area contributed by atoms with Crippen molar-refractivity contribution in [1.29, 1.82) is 0 Å². The molecule has 8 nitrogen and oxygen atoms in total. The number of nitro groups is 1. The molecular formula is C21H12N2O6S2. The average Bonchev–Trinajstić information content (AvgIpc) is 3.48. The Hall–Kier alpha value is -3.63. The molecule has 2 aliphatic heterocycles. The molecule has 1 saturated heterocycles. The van der Waals surface area contributed by atoms with Crippen molar-refractivity contribution < 1.29 is 23.6 Å². The van der Waals surface area contributed by atoms with Gasteiger partial charge in [0.25, 0.3) is 11.6 Å². The average molecular weight is 452 g/mol. The van der Waals surface area contributed by atoms with Crippen molar-refractivity contribution in [2.75, 3.05) is 11.7 Å². The maximum atomic E-state index is 13.0. The molecule has 2 aromatic carbocycles. The van der Waals surface area contributed by atoms with Crippen molar-refractivity contribution in [2.24, 2.45) is 0 Å². The van der Waals surface area contributed by atoms with Crippen LogP contribution in [-0.2, 0) is 4.79 Å². The lowest BCUT2D eigenvalue weighted by Crippen LogP contribution is -2.27. The van der Waals surface area contributed by atoms with Crippen LogP contribution in [0.1, 0.15) is 5.76 Å². The number of hydrogen-bond donors (Lipinski definition) is 0. The summed E-state index contributed by atoms with van der Waals surface area (Å²) in [5, 5.41) is 10.8. The maximum absolute atomic E-state index is 13.0. The Kier molecular flexibility index (Phi) is 4.72. The maximum Gasteiger partial charge on any atom is 0.270 e. The molecule has 0 radical (unpaired) electrons. The highest BCUT2D eigenvalue weighted by molar-refractivity contribution is 8.27. The van der Waals surface area contributed by atoms with E-state index in [0.717, 1.165) is 0 Å². The molecule has 0 aliphatic carbocycles. The summed E-state index contributed by atoms with van der Waals surface area (Å²) in [6, 6.07) is 14.7. The fourth-order valence-electron chi connectivity index (χ4n) is 3.18. The van der Waals surface area contributed by atoms with Crippen LogP contribution >= 0.6 is 24.0 Å². The highest BCUT2D eigenvalue weighted by atomic mass is 32.2. The van der Waals surface area contributed by atoms with Crippen molar-refractivity contribution in [2.45, 2.75) is 0 Å². The van der Waals surface area contributed by atoms with Gasteiger partial charge in [-0.2, -0.15) is 0 Å². The van der Waals surface area contributed by atoms with Gasteiger partial charge in [-0.15, -0.1) is 0 Å². The van der Waals surface area contributed by atoms with Crippen LogP contribution < -0.4 is 14.4 Å². The van der Waals surface area contributed by atoms with Crippen molar-refractivity contribution in [3.8, 4) is 22.8 Å². The molecule has 1 aromatic heterocycles. The summed E-state index contributed by atoms with van der Waals surface area (Å²) in [6.07, 6.45) is 1.63. The number of furan rings is 1. The first-order chi connectivity index (χ1) is 15.0. The fourth-order valence-corrected chi connectivity index (χ4v) is 4.46. The van der Waals surface area contributed by atoms with E-state index in [1.807, 2.05) is 0 Å². The van der Waals surface area contributed by atoms with E-state index >= 15 is 0 Å². The lowest BCUT2D eigenvalue weighted by Gasteiger charge is -2.14. The molecule has 2 aliphatic rings. The second kappa shape index (κ2) is 7.56. The predicted molar refractivity (Wildman–Crippen MR) is 119 cm³/mol. The van der Waals surface area contributed by atoms with Crippen LogP contribution in [0.2, 0.25) is 0 Å². The summed E-state index contributed by atoms with van der Waals surface area (Å²) >= 11 is 6.58. The number of carbonyl (C=O) groups excluding carboxylic acids is 1. The summed E-state index contributed by atoms with van der Waals surface area (Å²) in [4.78, 5) is 25.2. The van der Waals surface area contributed by atoms with E-state index in [1.165, 1.54) is 28.8 Å². The van der Waals surface area contributed by atoms with Crippen molar-refractivity contribution in [3.05, 3.63) is 75.4 Å². The number of amides is 1. The number of thioether (sulfide) groups is 1. The van der Waals surface area contributed by atoms with Gasteiger partial charge in [-0.05, 0) is 36.4 Å². The molecule has 0 unspecified atom stereocenters. The van der Waals surface area contributed by atoms with E-state index in [0.29, 0.717) is 43.5 Å². The highest BCUT2D eigenvalue weighted by Gasteiger charge is 2.34. The molecule has 5 rings (SSSR count). The molecule has 0 atom stereocenters. The second-order valence-electron chi connectivity index (χ2n) is 6.56. The minimum atomic E-state index is -0.459. The zero-order valence-electron chi connectivity index (χ0n) is 15.6. The molecule has 1 fully saturated rings. The van der Waals surface area contributed by atoms with Crippen LogP contribution in [0.3, 0.4) is 0 Å². The number of carbonyl (C=O) groups is 1. The topological polar surface area (TPSA) is 95.0 Å². The van der Waals surface area contributed by atoms with Crippen LogP contribution in [0.25, 0.3) is 17.4 Å². The summed E-state index contributed by atoms with van der Waals surface area (Å²) in [6.45, 7) is 0.146. The molecule has 10 heteroatoms. The van der Waals surface area contributed by atoms with E-state index in [4.69, 9.17) is 26.1 Å². The lowest BCUT2D eigenvalue weighted by atomic mass is 10.1. The Labute approximate surface area is 185 Å². The Morgan fingerprint density at radius 1 is 1.06 bits per heavy atom. The molecule has 0 bridgehead atoms. The lowest BCUT2D eigenvalue weighted by molar-refractivity contribution is -0.384. The third-order valence-corrected chi connectivity index (χ3v) is 5.97. The van der Waals surface area contributed by atoms with Crippen LogP contribution in [0, 0.1) is 10.1 Å². The number of thiocarbonyl (C=S) groups is 1. The van der Waals surface area contributed by atoms with Gasteiger partial charge < -0.3 is 13.9 Å². The van der Waals surface area contributed by atoms with Gasteiger partial charge in [0.05, 0.1) is 15.5 Å². The normalized spacial score (nSPS) is 16.4. The van der Waals surface area contributed by atoms with Gasteiger partial charge in [-0.1, -0.05) is 24.0 Å². The van der Waals surface area contributed by atoms with E-state index < -0.39 is 4.92 Å². The minimum Gasteiger partial charge on any atom is -0.457 e. The first-order valence-corrected chi connectivity index (χ1v) is 10.2. The third kappa shape index (κ3) is 3.56. The fraction of sp³-hybridized carbons (Fsp3) is 0.0476. The van der Waals surface area contributed by atoms with Crippen LogP contribution in [-0.4, -0.2) is 21.9 Å². The number of nitrogens with zero attached hydrogens (tertiary/aromatic N) is 2. The number of benzene rings is 2. The van der Waals surface area contributed by atoms with E-state index in [1.54, 1.807) is 48.5 Å². The third-order valence-electron chi connectivity index (χ3n) is 4.67. The van der Waals surface area contributed by atoms with Crippen molar-refractivity contribution >= 4 is 51.7 Å². The number of non-ortho nitro benzene ring substituents is 1. The second-order valence-corrected chi connectivity index (χ2v) is 8.24. The molecule has 0 spiro atoms. The van der Waals surface area contributed by atoms with Gasteiger partial charge in [0, 0.05) is 29.8 Å². The predicted octanol–water partition coefficient (Wildman–Crippen LogP) is 4.99. The zero-order chi connectivity index (χ0) is 21.5. The number of hydrogen-bond acceptors (Lipinski definition) is 8. The minimum absolute atomic E-state index is 0.00252. The molecule has 154 valence electrons.